The first-order valence-electron chi connectivity index (χ1n) is 6.68. The van der Waals surface area contributed by atoms with Crippen LogP contribution in [0.2, 0.25) is 0 Å². The quantitative estimate of drug-likeness (QED) is 0.846. The molecule has 3 heterocycles. The minimum Gasteiger partial charge on any atom is -0.454 e. The molecule has 2 aromatic heterocycles. The molecule has 20 heavy (non-hydrogen) atoms. The van der Waals surface area contributed by atoms with Gasteiger partial charge in [-0.1, -0.05) is 0 Å². The predicted octanol–water partition coefficient (Wildman–Crippen LogP) is 3.02. The second kappa shape index (κ2) is 5.44. The number of hydrogen-bond donors (Lipinski definition) is 0. The third kappa shape index (κ3) is 2.52. The number of carbonyl (C=O) groups excluding carboxylic acids is 1. The molecule has 0 N–H and O–H groups in total. The molecule has 1 amide bonds. The van der Waals surface area contributed by atoms with Gasteiger partial charge < -0.3 is 13.9 Å². The summed E-state index contributed by atoms with van der Waals surface area (Å²) in [6.45, 7) is 3.35. The van der Waals surface area contributed by atoms with Crippen molar-refractivity contribution in [1.82, 2.24) is 14.5 Å². The molecule has 106 valence electrons. The average molecular weight is 338 g/mol. The van der Waals surface area contributed by atoms with E-state index in [1.807, 2.05) is 24.3 Å². The average Bonchev–Trinajstić information content (AvgIpc) is 3.08. The Balaban J connectivity index is 1.66. The Morgan fingerprint density at radius 2 is 2.20 bits per heavy atom. The van der Waals surface area contributed by atoms with Crippen LogP contribution in [0.4, 0.5) is 0 Å². The first-order valence-corrected chi connectivity index (χ1v) is 7.47. The number of furan rings is 1. The van der Waals surface area contributed by atoms with Gasteiger partial charge in [0.2, 0.25) is 0 Å². The van der Waals surface area contributed by atoms with Gasteiger partial charge in [-0.15, -0.1) is 0 Å². The van der Waals surface area contributed by atoms with Gasteiger partial charge in [-0.25, -0.2) is 4.98 Å². The molecular weight excluding hydrogens is 322 g/mol. The van der Waals surface area contributed by atoms with E-state index in [2.05, 4.69) is 25.5 Å². The SMILES string of the molecule is Cc1oc(Br)cc1C(=O)N1CCC(n2ccnc2)CC1. The van der Waals surface area contributed by atoms with Crippen molar-refractivity contribution in [3.63, 3.8) is 0 Å². The lowest BCUT2D eigenvalue weighted by Gasteiger charge is -2.32. The molecule has 3 rings (SSSR count). The molecule has 0 saturated carbocycles. The van der Waals surface area contributed by atoms with Crippen LogP contribution in [0.5, 0.6) is 0 Å². The number of imidazole rings is 1. The summed E-state index contributed by atoms with van der Waals surface area (Å²) >= 11 is 3.26. The van der Waals surface area contributed by atoms with Crippen LogP contribution in [-0.2, 0) is 0 Å². The lowest BCUT2D eigenvalue weighted by molar-refractivity contribution is 0.0693. The zero-order valence-electron chi connectivity index (χ0n) is 11.3. The molecule has 0 aromatic carbocycles. The van der Waals surface area contributed by atoms with Crippen molar-refractivity contribution < 1.29 is 9.21 Å². The molecule has 0 bridgehead atoms. The molecule has 2 aromatic rings. The fourth-order valence-corrected chi connectivity index (χ4v) is 3.15. The highest BCUT2D eigenvalue weighted by Crippen LogP contribution is 2.26. The summed E-state index contributed by atoms with van der Waals surface area (Å²) in [5.41, 5.74) is 0.651. The van der Waals surface area contributed by atoms with Crippen molar-refractivity contribution in [2.24, 2.45) is 0 Å². The molecule has 6 heteroatoms. The lowest BCUT2D eigenvalue weighted by Crippen LogP contribution is -2.39. The summed E-state index contributed by atoms with van der Waals surface area (Å²) in [5.74, 6) is 0.722. The highest BCUT2D eigenvalue weighted by atomic mass is 79.9. The van der Waals surface area contributed by atoms with E-state index in [1.165, 1.54) is 0 Å². The standard InChI is InChI=1S/C14H16BrN3O2/c1-10-12(8-13(15)20-10)14(19)17-5-2-11(3-6-17)18-7-4-16-9-18/h4,7-9,11H,2-3,5-6H2,1H3. The van der Waals surface area contributed by atoms with Gasteiger partial charge in [0, 0.05) is 37.6 Å². The number of aryl methyl sites for hydroxylation is 1. The topological polar surface area (TPSA) is 51.3 Å². The fraction of sp³-hybridized carbons (Fsp3) is 0.429. The maximum absolute atomic E-state index is 12.5. The van der Waals surface area contributed by atoms with Crippen LogP contribution in [0.3, 0.4) is 0 Å². The van der Waals surface area contributed by atoms with Crippen LogP contribution in [0.1, 0.15) is 35.0 Å². The number of hydrogen-bond acceptors (Lipinski definition) is 3. The number of halogens is 1. The van der Waals surface area contributed by atoms with Gasteiger partial charge in [0.05, 0.1) is 11.9 Å². The van der Waals surface area contributed by atoms with E-state index in [0.717, 1.165) is 25.9 Å². The van der Waals surface area contributed by atoms with Crippen LogP contribution in [-0.4, -0.2) is 33.4 Å². The molecule has 1 aliphatic heterocycles. The number of rotatable bonds is 2. The Hall–Kier alpha value is -1.56. The minimum atomic E-state index is 0.0565. The highest BCUT2D eigenvalue weighted by Gasteiger charge is 2.26. The molecule has 0 spiro atoms. The third-order valence-corrected chi connectivity index (χ3v) is 4.21. The van der Waals surface area contributed by atoms with Gasteiger partial charge >= 0.3 is 0 Å². The molecule has 0 atom stereocenters. The zero-order valence-corrected chi connectivity index (χ0v) is 12.8. The van der Waals surface area contributed by atoms with E-state index in [0.29, 0.717) is 22.0 Å². The number of amides is 1. The third-order valence-electron chi connectivity index (χ3n) is 3.82. The molecule has 1 saturated heterocycles. The summed E-state index contributed by atoms with van der Waals surface area (Å²) in [6.07, 6.45) is 7.54. The highest BCUT2D eigenvalue weighted by molar-refractivity contribution is 9.10. The van der Waals surface area contributed by atoms with E-state index >= 15 is 0 Å². The van der Waals surface area contributed by atoms with E-state index in [9.17, 15) is 4.79 Å². The van der Waals surface area contributed by atoms with E-state index in [-0.39, 0.29) is 5.91 Å². The second-order valence-corrected chi connectivity index (χ2v) is 5.84. The van der Waals surface area contributed by atoms with Crippen LogP contribution < -0.4 is 0 Å². The Labute approximate surface area is 125 Å². The van der Waals surface area contributed by atoms with Gasteiger partial charge in [-0.2, -0.15) is 0 Å². The smallest absolute Gasteiger partial charge is 0.257 e. The van der Waals surface area contributed by atoms with Crippen molar-refractivity contribution in [3.05, 3.63) is 40.8 Å². The summed E-state index contributed by atoms with van der Waals surface area (Å²) in [6, 6.07) is 2.19. The van der Waals surface area contributed by atoms with E-state index in [1.54, 1.807) is 12.3 Å². The Morgan fingerprint density at radius 1 is 1.45 bits per heavy atom. The molecule has 0 radical (unpaired) electrons. The van der Waals surface area contributed by atoms with Gasteiger partial charge in [-0.3, -0.25) is 4.79 Å². The van der Waals surface area contributed by atoms with E-state index < -0.39 is 0 Å². The van der Waals surface area contributed by atoms with Crippen LogP contribution in [0, 0.1) is 6.92 Å². The number of carbonyl (C=O) groups is 1. The van der Waals surface area contributed by atoms with Gasteiger partial charge in [0.25, 0.3) is 5.91 Å². The Kier molecular flexibility index (Phi) is 3.65. The summed E-state index contributed by atoms with van der Waals surface area (Å²) < 4.78 is 8.09. The summed E-state index contributed by atoms with van der Waals surface area (Å²) in [4.78, 5) is 18.4. The van der Waals surface area contributed by atoms with Crippen molar-refractivity contribution in [1.29, 1.82) is 0 Å². The van der Waals surface area contributed by atoms with Crippen LogP contribution in [0.15, 0.2) is 33.9 Å². The minimum absolute atomic E-state index is 0.0565. The largest absolute Gasteiger partial charge is 0.454 e. The first kappa shape index (κ1) is 13.4. The second-order valence-electron chi connectivity index (χ2n) is 5.05. The number of likely N-dealkylation sites (tertiary alicyclic amines) is 1. The lowest BCUT2D eigenvalue weighted by atomic mass is 10.0. The van der Waals surface area contributed by atoms with Gasteiger partial charge in [0.1, 0.15) is 5.76 Å². The number of aromatic nitrogens is 2. The normalized spacial score (nSPS) is 16.6. The first-order chi connectivity index (χ1) is 9.65. The number of piperidine rings is 1. The molecule has 0 aliphatic carbocycles. The summed E-state index contributed by atoms with van der Waals surface area (Å²) in [5, 5.41) is 0. The zero-order chi connectivity index (χ0) is 14.1. The predicted molar refractivity (Wildman–Crippen MR) is 77.5 cm³/mol. The molecular formula is C14H16BrN3O2. The van der Waals surface area contributed by atoms with Gasteiger partial charge in [0.15, 0.2) is 4.67 Å². The van der Waals surface area contributed by atoms with Crippen LogP contribution >= 0.6 is 15.9 Å². The molecule has 0 unspecified atom stereocenters. The van der Waals surface area contributed by atoms with Crippen LogP contribution in [0.25, 0.3) is 0 Å². The maximum atomic E-state index is 12.5. The maximum Gasteiger partial charge on any atom is 0.257 e. The fourth-order valence-electron chi connectivity index (χ4n) is 2.68. The van der Waals surface area contributed by atoms with Crippen molar-refractivity contribution >= 4 is 21.8 Å². The Bertz CT molecular complexity index is 598. The van der Waals surface area contributed by atoms with Crippen molar-refractivity contribution in [2.75, 3.05) is 13.1 Å². The monoisotopic (exact) mass is 337 g/mol. The molecule has 1 aliphatic rings. The Morgan fingerprint density at radius 3 is 2.75 bits per heavy atom. The summed E-state index contributed by atoms with van der Waals surface area (Å²) in [7, 11) is 0. The van der Waals surface area contributed by atoms with Crippen molar-refractivity contribution in [2.45, 2.75) is 25.8 Å². The molecule has 1 fully saturated rings. The van der Waals surface area contributed by atoms with Crippen molar-refractivity contribution in [3.8, 4) is 0 Å². The van der Waals surface area contributed by atoms with E-state index in [4.69, 9.17) is 4.42 Å². The van der Waals surface area contributed by atoms with Gasteiger partial charge in [-0.05, 0) is 35.7 Å². The number of nitrogens with zero attached hydrogens (tertiary/aromatic N) is 3. The molecule has 5 nitrogen and oxygen atoms in total.